The molecule has 30 heavy (non-hydrogen) atoms. The molecule has 0 radical (unpaired) electrons. The Labute approximate surface area is 176 Å². The van der Waals surface area contributed by atoms with Crippen molar-refractivity contribution in [3.8, 4) is 17.2 Å². The van der Waals surface area contributed by atoms with Gasteiger partial charge < -0.3 is 4.90 Å². The molecule has 1 aliphatic carbocycles. The van der Waals surface area contributed by atoms with Crippen LogP contribution >= 0.6 is 0 Å². The van der Waals surface area contributed by atoms with Gasteiger partial charge in [-0.2, -0.15) is 15.5 Å². The average Bonchev–Trinajstić information content (AvgIpc) is 3.40. The maximum Gasteiger partial charge on any atom is 0.0886 e. The van der Waals surface area contributed by atoms with E-state index in [4.69, 9.17) is 0 Å². The van der Waals surface area contributed by atoms with Crippen molar-refractivity contribution >= 4 is 11.2 Å². The second kappa shape index (κ2) is 6.32. The summed E-state index contributed by atoms with van der Waals surface area (Å²) >= 11 is 0. The second-order valence-corrected chi connectivity index (χ2v) is 9.65. The van der Waals surface area contributed by atoms with Crippen LogP contribution in [0.2, 0.25) is 0 Å². The van der Waals surface area contributed by atoms with Crippen LogP contribution in [0.15, 0.2) is 36.9 Å². The minimum absolute atomic E-state index is 0.104. The predicted molar refractivity (Wildman–Crippen MR) is 115 cm³/mol. The number of hydrogen-bond donors (Lipinski definition) is 0. The van der Waals surface area contributed by atoms with Crippen LogP contribution in [0.5, 0.6) is 0 Å². The third-order valence-electron chi connectivity index (χ3n) is 7.47. The Morgan fingerprint density at radius 1 is 1.07 bits per heavy atom. The van der Waals surface area contributed by atoms with Crippen LogP contribution in [-0.4, -0.2) is 55.5 Å². The summed E-state index contributed by atoms with van der Waals surface area (Å²) in [5.74, 6) is 0. The van der Waals surface area contributed by atoms with Crippen LogP contribution < -0.4 is 4.90 Å². The van der Waals surface area contributed by atoms with E-state index in [0.29, 0.717) is 18.1 Å². The number of aryl methyl sites for hydroxylation is 1. The van der Waals surface area contributed by atoms with E-state index in [1.807, 2.05) is 34.8 Å². The topological polar surface area (TPSA) is 65.4 Å². The molecule has 3 aliphatic rings. The summed E-state index contributed by atoms with van der Waals surface area (Å²) in [5.41, 5.74) is 4.59. The number of piperazine rings is 1. The molecule has 5 heterocycles. The Hall–Kier alpha value is -2.85. The van der Waals surface area contributed by atoms with Gasteiger partial charge in [0, 0.05) is 68.0 Å². The van der Waals surface area contributed by atoms with Crippen LogP contribution in [0.25, 0.3) is 16.6 Å². The van der Waals surface area contributed by atoms with E-state index in [2.05, 4.69) is 51.3 Å². The first kappa shape index (κ1) is 18.0. The lowest BCUT2D eigenvalue weighted by atomic mass is 9.67. The van der Waals surface area contributed by atoms with Gasteiger partial charge in [0.05, 0.1) is 28.9 Å². The Morgan fingerprint density at radius 2 is 1.83 bits per heavy atom. The zero-order valence-electron chi connectivity index (χ0n) is 17.6. The number of nitriles is 1. The molecule has 0 N–H and O–H groups in total. The fourth-order valence-corrected chi connectivity index (χ4v) is 6.01. The molecule has 154 valence electrons. The fraction of sp³-hybridized carbons (Fsp3) is 0.522. The zero-order valence-corrected chi connectivity index (χ0v) is 17.6. The monoisotopic (exact) mass is 401 g/mol. The molecule has 3 aromatic rings. The van der Waals surface area contributed by atoms with Gasteiger partial charge in [0.2, 0.25) is 0 Å². The molecule has 0 spiro atoms. The van der Waals surface area contributed by atoms with E-state index in [1.165, 1.54) is 18.5 Å². The molecule has 0 unspecified atom stereocenters. The van der Waals surface area contributed by atoms with Crippen molar-refractivity contribution in [2.24, 2.45) is 12.5 Å². The van der Waals surface area contributed by atoms with Crippen molar-refractivity contribution in [2.45, 2.75) is 50.7 Å². The number of hydrogen-bond acceptors (Lipinski definition) is 5. The molecule has 6 rings (SSSR count). The van der Waals surface area contributed by atoms with Crippen LogP contribution in [-0.2, 0) is 7.05 Å². The minimum Gasteiger partial charge on any atom is -0.367 e. The van der Waals surface area contributed by atoms with Crippen molar-refractivity contribution in [3.05, 3.63) is 36.9 Å². The minimum atomic E-state index is -0.104. The lowest BCUT2D eigenvalue weighted by Gasteiger charge is -2.52. The predicted octanol–water partition coefficient (Wildman–Crippen LogP) is 3.08. The van der Waals surface area contributed by atoms with E-state index in [1.54, 1.807) is 0 Å². The normalized spacial score (nSPS) is 31.1. The number of anilines is 1. The number of fused-ring (bicyclic) bond motifs is 3. The molecule has 2 bridgehead atoms. The van der Waals surface area contributed by atoms with Crippen LogP contribution in [0.1, 0.15) is 32.6 Å². The van der Waals surface area contributed by atoms with E-state index in [9.17, 15) is 5.26 Å². The molecular weight excluding hydrogens is 374 g/mol. The average molecular weight is 402 g/mol. The summed E-state index contributed by atoms with van der Waals surface area (Å²) in [6, 6.07) is 8.70. The Balaban J connectivity index is 1.27. The van der Waals surface area contributed by atoms with Gasteiger partial charge in [0.15, 0.2) is 0 Å². The second-order valence-electron chi connectivity index (χ2n) is 9.65. The molecule has 0 aromatic carbocycles. The SMILES string of the molecule is Cn1cc(-c2cc3c(N4C[C@@H]5CC[C@@H](C4)N5C4CC(C)(C#N)C4)ccnn3c2)cn1. The lowest BCUT2D eigenvalue weighted by Crippen LogP contribution is -2.61. The van der Waals surface area contributed by atoms with Crippen molar-refractivity contribution < 1.29 is 0 Å². The molecule has 3 aromatic heterocycles. The number of aromatic nitrogens is 4. The van der Waals surface area contributed by atoms with Gasteiger partial charge in [0.1, 0.15) is 0 Å². The third kappa shape index (κ3) is 2.67. The molecule has 2 aliphatic heterocycles. The molecule has 3 fully saturated rings. The van der Waals surface area contributed by atoms with E-state index in [0.717, 1.165) is 42.6 Å². The van der Waals surface area contributed by atoms with Gasteiger partial charge in [-0.25, -0.2) is 4.52 Å². The first-order valence-electron chi connectivity index (χ1n) is 10.9. The third-order valence-corrected chi connectivity index (χ3v) is 7.47. The number of nitrogens with zero attached hydrogens (tertiary/aromatic N) is 7. The van der Waals surface area contributed by atoms with Crippen molar-refractivity contribution in [1.82, 2.24) is 24.3 Å². The molecule has 7 nitrogen and oxygen atoms in total. The van der Waals surface area contributed by atoms with Crippen LogP contribution in [0, 0.1) is 16.7 Å². The van der Waals surface area contributed by atoms with Gasteiger partial charge in [0.25, 0.3) is 0 Å². The first-order valence-corrected chi connectivity index (χ1v) is 10.9. The van der Waals surface area contributed by atoms with E-state index < -0.39 is 0 Å². The summed E-state index contributed by atoms with van der Waals surface area (Å²) in [7, 11) is 1.94. The highest BCUT2D eigenvalue weighted by molar-refractivity contribution is 5.79. The van der Waals surface area contributed by atoms with Crippen LogP contribution in [0.4, 0.5) is 5.69 Å². The summed E-state index contributed by atoms with van der Waals surface area (Å²) in [6.07, 6.45) is 12.6. The highest BCUT2D eigenvalue weighted by atomic mass is 15.4. The lowest BCUT2D eigenvalue weighted by molar-refractivity contribution is 0.00679. The molecule has 1 saturated carbocycles. The van der Waals surface area contributed by atoms with Crippen molar-refractivity contribution in [1.29, 1.82) is 5.26 Å². The van der Waals surface area contributed by atoms with Crippen molar-refractivity contribution in [3.63, 3.8) is 0 Å². The fourth-order valence-electron chi connectivity index (χ4n) is 6.01. The van der Waals surface area contributed by atoms with Gasteiger partial charge in [-0.05, 0) is 44.7 Å². The van der Waals surface area contributed by atoms with Crippen molar-refractivity contribution in [2.75, 3.05) is 18.0 Å². The zero-order chi connectivity index (χ0) is 20.5. The molecular formula is C23H27N7. The standard InChI is InChI=1S/C23H27N7/c1-23(15-24)8-20(9-23)30-18-3-4-19(30)14-28(13-18)21-5-6-25-29-12-16(7-22(21)29)17-10-26-27(2)11-17/h5-7,10-12,18-20H,3-4,8-9,13-14H2,1-2H3/t18-,19-,20?,23?/m0/s1. The maximum absolute atomic E-state index is 9.40. The van der Waals surface area contributed by atoms with Gasteiger partial charge in [-0.1, -0.05) is 0 Å². The van der Waals surface area contributed by atoms with E-state index in [-0.39, 0.29) is 5.41 Å². The molecule has 0 amide bonds. The molecule has 2 saturated heterocycles. The molecule has 2 atom stereocenters. The summed E-state index contributed by atoms with van der Waals surface area (Å²) in [5, 5.41) is 18.3. The summed E-state index contributed by atoms with van der Waals surface area (Å²) < 4.78 is 3.83. The maximum atomic E-state index is 9.40. The largest absolute Gasteiger partial charge is 0.367 e. The Morgan fingerprint density at radius 3 is 2.50 bits per heavy atom. The Bertz CT molecular complexity index is 1130. The highest BCUT2D eigenvalue weighted by Crippen LogP contribution is 2.47. The van der Waals surface area contributed by atoms with Gasteiger partial charge in [-0.15, -0.1) is 0 Å². The number of rotatable bonds is 3. The Kier molecular flexibility index (Phi) is 3.79. The van der Waals surface area contributed by atoms with Gasteiger partial charge in [-0.3, -0.25) is 9.58 Å². The quantitative estimate of drug-likeness (QED) is 0.675. The summed E-state index contributed by atoms with van der Waals surface area (Å²) in [6.45, 7) is 4.23. The van der Waals surface area contributed by atoms with Crippen LogP contribution in [0.3, 0.4) is 0 Å². The van der Waals surface area contributed by atoms with Gasteiger partial charge >= 0.3 is 0 Å². The molecule has 7 heteroatoms. The first-order chi connectivity index (χ1) is 14.5. The smallest absolute Gasteiger partial charge is 0.0886 e. The summed E-state index contributed by atoms with van der Waals surface area (Å²) in [4.78, 5) is 5.32. The van der Waals surface area contributed by atoms with E-state index >= 15 is 0 Å². The highest BCUT2D eigenvalue weighted by Gasteiger charge is 2.51.